The average molecular weight is 484 g/mol. The van der Waals surface area contributed by atoms with Crippen LogP contribution in [0.25, 0.3) is 21.8 Å². The monoisotopic (exact) mass is 483 g/mol. The number of hydrogen-bond acceptors (Lipinski definition) is 4. The lowest BCUT2D eigenvalue weighted by molar-refractivity contribution is -0.121. The fourth-order valence-electron chi connectivity index (χ4n) is 4.94. The minimum atomic E-state index is -0.162. The van der Waals surface area contributed by atoms with Gasteiger partial charge in [-0.2, -0.15) is 0 Å². The number of fused-ring (bicyclic) bond motifs is 2. The van der Waals surface area contributed by atoms with E-state index in [9.17, 15) is 14.4 Å². The molecule has 2 atom stereocenters. The van der Waals surface area contributed by atoms with Gasteiger partial charge < -0.3 is 19.5 Å². The van der Waals surface area contributed by atoms with Crippen molar-refractivity contribution < 1.29 is 14.3 Å². The number of morpholine rings is 1. The van der Waals surface area contributed by atoms with E-state index in [1.807, 2.05) is 71.8 Å². The molecule has 0 saturated carbocycles. The Morgan fingerprint density at radius 2 is 1.42 bits per heavy atom. The van der Waals surface area contributed by atoms with Crippen LogP contribution in [-0.2, 0) is 22.6 Å². The van der Waals surface area contributed by atoms with Gasteiger partial charge in [-0.25, -0.2) is 0 Å². The van der Waals surface area contributed by atoms with E-state index in [1.54, 1.807) is 24.3 Å². The first-order valence-corrected chi connectivity index (χ1v) is 12.2. The van der Waals surface area contributed by atoms with Crippen LogP contribution in [0.5, 0.6) is 0 Å². The molecule has 1 aliphatic heterocycles. The first-order chi connectivity index (χ1) is 17.4. The van der Waals surface area contributed by atoms with Crippen molar-refractivity contribution in [1.29, 1.82) is 0 Å². The molecule has 0 spiro atoms. The van der Waals surface area contributed by atoms with Gasteiger partial charge in [-0.05, 0) is 55.8 Å². The largest absolute Gasteiger partial charge is 0.372 e. The van der Waals surface area contributed by atoms with Crippen LogP contribution in [0.4, 0.5) is 0 Å². The zero-order valence-electron chi connectivity index (χ0n) is 20.4. The standard InChI is InChI=1S/C29H29N3O4/c1-19-16-31(17-20(2)36-19)29(35)22-13-11-21(12-14-22)15-30-27(33)18-32-25-9-5-3-7-23(25)28(34)24-8-4-6-10-26(24)32/h3-14,19-20H,15-18H2,1-2H3,(H,30,33). The number of carbonyl (C=O) groups is 2. The highest BCUT2D eigenvalue weighted by atomic mass is 16.5. The zero-order chi connectivity index (χ0) is 25.2. The van der Waals surface area contributed by atoms with Gasteiger partial charge in [-0.1, -0.05) is 36.4 Å². The Morgan fingerprint density at radius 1 is 0.861 bits per heavy atom. The molecule has 4 aromatic rings. The first-order valence-electron chi connectivity index (χ1n) is 12.2. The van der Waals surface area contributed by atoms with Gasteiger partial charge in [0, 0.05) is 36.0 Å². The molecule has 2 heterocycles. The number of benzene rings is 3. The number of amides is 2. The van der Waals surface area contributed by atoms with Crippen molar-refractivity contribution in [3.63, 3.8) is 0 Å². The summed E-state index contributed by atoms with van der Waals surface area (Å²) >= 11 is 0. The second kappa shape index (κ2) is 9.95. The van der Waals surface area contributed by atoms with Crippen molar-refractivity contribution in [3.8, 4) is 0 Å². The maximum atomic E-state index is 12.9. The van der Waals surface area contributed by atoms with Gasteiger partial charge in [0.1, 0.15) is 6.54 Å². The Bertz CT molecular complexity index is 1420. The zero-order valence-corrected chi connectivity index (χ0v) is 20.4. The third kappa shape index (κ3) is 4.75. The molecule has 5 rings (SSSR count). The molecule has 7 nitrogen and oxygen atoms in total. The Labute approximate surface area is 209 Å². The summed E-state index contributed by atoms with van der Waals surface area (Å²) in [5.74, 6) is -0.171. The van der Waals surface area contributed by atoms with E-state index in [1.165, 1.54) is 0 Å². The molecule has 3 aromatic carbocycles. The molecule has 0 radical (unpaired) electrons. The van der Waals surface area contributed by atoms with Gasteiger partial charge in [-0.3, -0.25) is 14.4 Å². The molecule has 1 aliphatic rings. The summed E-state index contributed by atoms with van der Waals surface area (Å²) in [4.78, 5) is 40.5. The van der Waals surface area contributed by atoms with Crippen LogP contribution < -0.4 is 10.7 Å². The highest BCUT2D eigenvalue weighted by Gasteiger charge is 2.26. The Hall–Kier alpha value is -3.97. The number of rotatable bonds is 5. The Kier molecular flexibility index (Phi) is 6.57. The fraction of sp³-hybridized carbons (Fsp3) is 0.276. The van der Waals surface area contributed by atoms with Gasteiger partial charge in [0.2, 0.25) is 5.91 Å². The molecule has 1 aromatic heterocycles. The molecule has 7 heteroatoms. The van der Waals surface area contributed by atoms with Crippen molar-refractivity contribution in [2.24, 2.45) is 0 Å². The Morgan fingerprint density at radius 3 is 2.00 bits per heavy atom. The van der Waals surface area contributed by atoms with Gasteiger partial charge in [-0.15, -0.1) is 0 Å². The quantitative estimate of drug-likeness (QED) is 0.439. The van der Waals surface area contributed by atoms with Crippen LogP contribution >= 0.6 is 0 Å². The van der Waals surface area contributed by atoms with Crippen LogP contribution in [0.2, 0.25) is 0 Å². The lowest BCUT2D eigenvalue weighted by atomic mass is 10.1. The van der Waals surface area contributed by atoms with E-state index in [2.05, 4.69) is 5.32 Å². The van der Waals surface area contributed by atoms with Crippen molar-refractivity contribution in [2.45, 2.75) is 39.1 Å². The van der Waals surface area contributed by atoms with E-state index in [0.717, 1.165) is 16.6 Å². The van der Waals surface area contributed by atoms with Crippen LogP contribution in [0.15, 0.2) is 77.6 Å². The first kappa shape index (κ1) is 23.8. The summed E-state index contributed by atoms with van der Waals surface area (Å²) in [6, 6.07) is 22.0. The number of hydrogen-bond donors (Lipinski definition) is 1. The molecule has 0 aliphatic carbocycles. The third-order valence-corrected chi connectivity index (χ3v) is 6.58. The second-order valence-corrected chi connectivity index (χ2v) is 9.39. The van der Waals surface area contributed by atoms with Crippen molar-refractivity contribution >= 4 is 33.6 Å². The summed E-state index contributed by atoms with van der Waals surface area (Å²) < 4.78 is 7.60. The predicted octanol–water partition coefficient (Wildman–Crippen LogP) is 3.72. The Balaban J connectivity index is 1.28. The van der Waals surface area contributed by atoms with E-state index in [4.69, 9.17) is 4.74 Å². The molecule has 2 amide bonds. The van der Waals surface area contributed by atoms with Crippen LogP contribution in [-0.4, -0.2) is 46.6 Å². The molecular weight excluding hydrogens is 454 g/mol. The molecule has 184 valence electrons. The molecular formula is C29H29N3O4. The van der Waals surface area contributed by atoms with E-state index in [-0.39, 0.29) is 36.0 Å². The third-order valence-electron chi connectivity index (χ3n) is 6.58. The van der Waals surface area contributed by atoms with E-state index >= 15 is 0 Å². The van der Waals surface area contributed by atoms with Crippen molar-refractivity contribution in [3.05, 3.63) is 94.1 Å². The van der Waals surface area contributed by atoms with Crippen molar-refractivity contribution in [1.82, 2.24) is 14.8 Å². The van der Waals surface area contributed by atoms with Gasteiger partial charge >= 0.3 is 0 Å². The lowest BCUT2D eigenvalue weighted by Crippen LogP contribution is -2.48. The number of carbonyl (C=O) groups excluding carboxylic acids is 2. The van der Waals surface area contributed by atoms with Crippen molar-refractivity contribution in [2.75, 3.05) is 13.1 Å². The summed E-state index contributed by atoms with van der Waals surface area (Å²) in [6.07, 6.45) is 0.0354. The van der Waals surface area contributed by atoms with Crippen LogP contribution in [0, 0.1) is 0 Å². The number of aromatic nitrogens is 1. The topological polar surface area (TPSA) is 80.6 Å². The molecule has 1 fully saturated rings. The normalized spacial score (nSPS) is 17.9. The van der Waals surface area contributed by atoms with Gasteiger partial charge in [0.15, 0.2) is 5.43 Å². The van der Waals surface area contributed by atoms with E-state index in [0.29, 0.717) is 36.0 Å². The van der Waals surface area contributed by atoms with Crippen LogP contribution in [0.1, 0.15) is 29.8 Å². The lowest BCUT2D eigenvalue weighted by Gasteiger charge is -2.35. The number of nitrogens with zero attached hydrogens (tertiary/aromatic N) is 2. The number of para-hydroxylation sites is 2. The average Bonchev–Trinajstić information content (AvgIpc) is 2.89. The van der Waals surface area contributed by atoms with E-state index < -0.39 is 0 Å². The summed E-state index contributed by atoms with van der Waals surface area (Å²) in [6.45, 7) is 5.53. The smallest absolute Gasteiger partial charge is 0.254 e. The minimum Gasteiger partial charge on any atom is -0.372 e. The van der Waals surface area contributed by atoms with Gasteiger partial charge in [0.05, 0.1) is 23.2 Å². The second-order valence-electron chi connectivity index (χ2n) is 9.39. The molecule has 0 bridgehead atoms. The molecule has 1 N–H and O–H groups in total. The number of nitrogens with one attached hydrogen (secondary N) is 1. The molecule has 36 heavy (non-hydrogen) atoms. The highest BCUT2D eigenvalue weighted by Crippen LogP contribution is 2.19. The van der Waals surface area contributed by atoms with Crippen LogP contribution in [0.3, 0.4) is 0 Å². The summed E-state index contributed by atoms with van der Waals surface area (Å²) in [7, 11) is 0. The highest BCUT2D eigenvalue weighted by molar-refractivity contribution is 5.95. The summed E-state index contributed by atoms with van der Waals surface area (Å²) in [5, 5.41) is 4.15. The fourth-order valence-corrected chi connectivity index (χ4v) is 4.94. The summed E-state index contributed by atoms with van der Waals surface area (Å²) in [5.41, 5.74) is 2.95. The van der Waals surface area contributed by atoms with Gasteiger partial charge in [0.25, 0.3) is 5.91 Å². The SMILES string of the molecule is CC1CN(C(=O)c2ccc(CNC(=O)Cn3c4ccccc4c(=O)c4ccccc43)cc2)CC(C)O1. The molecule has 2 unspecified atom stereocenters. The minimum absolute atomic E-state index is 0.00966. The maximum Gasteiger partial charge on any atom is 0.254 e. The maximum absolute atomic E-state index is 12.9. The number of pyridine rings is 1. The predicted molar refractivity (Wildman–Crippen MR) is 140 cm³/mol. The number of ether oxygens (including phenoxy) is 1. The molecule has 1 saturated heterocycles.